The van der Waals surface area contributed by atoms with Gasteiger partial charge in [-0.05, 0) is 30.3 Å². The third kappa shape index (κ3) is 2.56. The average Bonchev–Trinajstić information content (AvgIpc) is 2.55. The molecule has 0 amide bonds. The Morgan fingerprint density at radius 3 is 2.52 bits per heavy atom. The molecule has 0 saturated heterocycles. The number of rotatable bonds is 3. The highest BCUT2D eigenvalue weighted by Gasteiger charge is 2.12. The molecule has 0 atom stereocenters. The first-order valence-electron chi connectivity index (χ1n) is 6.48. The Morgan fingerprint density at radius 1 is 0.952 bits per heavy atom. The number of methoxy groups -OCH3 is 1. The van der Waals surface area contributed by atoms with Crippen LogP contribution in [0.4, 0.5) is 0 Å². The highest BCUT2D eigenvalue weighted by atomic mass is 16.5. The summed E-state index contributed by atoms with van der Waals surface area (Å²) in [6.45, 7) is 0. The van der Waals surface area contributed by atoms with E-state index in [2.05, 4.69) is 4.98 Å². The maximum Gasteiger partial charge on any atom is 0.343 e. The minimum atomic E-state index is -0.390. The molecule has 0 unspecified atom stereocenters. The smallest absolute Gasteiger partial charge is 0.343 e. The van der Waals surface area contributed by atoms with Crippen LogP contribution in [0, 0.1) is 0 Å². The van der Waals surface area contributed by atoms with E-state index >= 15 is 0 Å². The van der Waals surface area contributed by atoms with E-state index in [9.17, 15) is 4.79 Å². The van der Waals surface area contributed by atoms with Gasteiger partial charge >= 0.3 is 5.97 Å². The van der Waals surface area contributed by atoms with Crippen LogP contribution in [0.15, 0.2) is 60.8 Å². The minimum absolute atomic E-state index is 0.390. The van der Waals surface area contributed by atoms with Crippen molar-refractivity contribution in [1.29, 1.82) is 0 Å². The SMILES string of the molecule is COc1nccc2c(OC(=O)c3ccccc3)cccc12. The molecule has 1 aromatic heterocycles. The molecule has 4 nitrogen and oxygen atoms in total. The number of hydrogen-bond acceptors (Lipinski definition) is 4. The van der Waals surface area contributed by atoms with E-state index in [0.29, 0.717) is 17.2 Å². The third-order valence-electron chi connectivity index (χ3n) is 3.14. The van der Waals surface area contributed by atoms with E-state index in [0.717, 1.165) is 10.8 Å². The molecule has 0 aliphatic heterocycles. The van der Waals surface area contributed by atoms with Crippen LogP contribution in [0.3, 0.4) is 0 Å². The van der Waals surface area contributed by atoms with Crippen molar-refractivity contribution in [2.24, 2.45) is 0 Å². The normalized spacial score (nSPS) is 10.3. The van der Waals surface area contributed by atoms with Gasteiger partial charge in [0.05, 0.1) is 12.7 Å². The molecule has 1 heterocycles. The summed E-state index contributed by atoms with van der Waals surface area (Å²) in [4.78, 5) is 16.3. The van der Waals surface area contributed by atoms with E-state index in [1.807, 2.05) is 12.1 Å². The molecule has 3 rings (SSSR count). The molecule has 4 heteroatoms. The average molecular weight is 279 g/mol. The number of hydrogen-bond donors (Lipinski definition) is 0. The van der Waals surface area contributed by atoms with Gasteiger partial charge in [-0.2, -0.15) is 0 Å². The molecular formula is C17H13NO3. The highest BCUT2D eigenvalue weighted by molar-refractivity contribution is 5.96. The van der Waals surface area contributed by atoms with Gasteiger partial charge in [0.15, 0.2) is 0 Å². The van der Waals surface area contributed by atoms with Crippen molar-refractivity contribution in [1.82, 2.24) is 4.98 Å². The number of carbonyl (C=O) groups is 1. The fourth-order valence-corrected chi connectivity index (χ4v) is 2.14. The lowest BCUT2D eigenvalue weighted by molar-refractivity contribution is 0.0737. The molecule has 0 bridgehead atoms. The van der Waals surface area contributed by atoms with Crippen LogP contribution < -0.4 is 9.47 Å². The Kier molecular flexibility index (Phi) is 3.51. The Morgan fingerprint density at radius 2 is 1.76 bits per heavy atom. The fourth-order valence-electron chi connectivity index (χ4n) is 2.14. The number of aromatic nitrogens is 1. The molecule has 21 heavy (non-hydrogen) atoms. The van der Waals surface area contributed by atoms with Gasteiger partial charge in [-0.3, -0.25) is 0 Å². The predicted octanol–water partition coefficient (Wildman–Crippen LogP) is 3.46. The zero-order chi connectivity index (χ0) is 14.7. The van der Waals surface area contributed by atoms with Crippen molar-refractivity contribution >= 4 is 16.7 Å². The molecule has 0 aliphatic carbocycles. The van der Waals surface area contributed by atoms with Crippen molar-refractivity contribution < 1.29 is 14.3 Å². The lowest BCUT2D eigenvalue weighted by atomic mass is 10.1. The lowest BCUT2D eigenvalue weighted by Crippen LogP contribution is -2.08. The molecule has 0 fully saturated rings. The molecule has 0 spiro atoms. The van der Waals surface area contributed by atoms with E-state index < -0.39 is 0 Å². The minimum Gasteiger partial charge on any atom is -0.481 e. The second-order valence-electron chi connectivity index (χ2n) is 4.43. The van der Waals surface area contributed by atoms with Crippen molar-refractivity contribution in [2.75, 3.05) is 7.11 Å². The monoisotopic (exact) mass is 279 g/mol. The first kappa shape index (κ1) is 13.1. The van der Waals surface area contributed by atoms with Crippen LogP contribution in [0.1, 0.15) is 10.4 Å². The standard InChI is InChI=1S/C17H13NO3/c1-20-16-14-8-5-9-15(13(14)10-11-18-16)21-17(19)12-6-3-2-4-7-12/h2-11H,1H3. The van der Waals surface area contributed by atoms with Crippen LogP contribution >= 0.6 is 0 Å². The van der Waals surface area contributed by atoms with Gasteiger partial charge in [-0.25, -0.2) is 9.78 Å². The Hall–Kier alpha value is -2.88. The molecular weight excluding hydrogens is 266 g/mol. The third-order valence-corrected chi connectivity index (χ3v) is 3.14. The van der Waals surface area contributed by atoms with Crippen LogP contribution in [0.2, 0.25) is 0 Å². The number of benzene rings is 2. The quantitative estimate of drug-likeness (QED) is 0.544. The van der Waals surface area contributed by atoms with Gasteiger partial charge in [0.1, 0.15) is 5.75 Å². The zero-order valence-electron chi connectivity index (χ0n) is 11.4. The summed E-state index contributed by atoms with van der Waals surface area (Å²) >= 11 is 0. The van der Waals surface area contributed by atoms with Gasteiger partial charge in [0, 0.05) is 17.0 Å². The lowest BCUT2D eigenvalue weighted by Gasteiger charge is -2.09. The number of fused-ring (bicyclic) bond motifs is 1. The molecule has 0 radical (unpaired) electrons. The Labute approximate surface area is 122 Å². The molecule has 2 aromatic carbocycles. The van der Waals surface area contributed by atoms with Crippen LogP contribution in [-0.2, 0) is 0 Å². The van der Waals surface area contributed by atoms with Crippen LogP contribution in [-0.4, -0.2) is 18.1 Å². The number of esters is 1. The summed E-state index contributed by atoms with van der Waals surface area (Å²) in [6, 6.07) is 16.1. The van der Waals surface area contributed by atoms with Gasteiger partial charge in [-0.1, -0.05) is 24.3 Å². The Balaban J connectivity index is 2.00. The summed E-state index contributed by atoms with van der Waals surface area (Å²) in [5.74, 6) is 0.603. The maximum absolute atomic E-state index is 12.1. The largest absolute Gasteiger partial charge is 0.481 e. The van der Waals surface area contributed by atoms with Crippen molar-refractivity contribution in [3.63, 3.8) is 0 Å². The number of pyridine rings is 1. The van der Waals surface area contributed by atoms with E-state index in [-0.39, 0.29) is 5.97 Å². The summed E-state index contributed by atoms with van der Waals surface area (Å²) in [5, 5.41) is 1.59. The van der Waals surface area contributed by atoms with E-state index in [4.69, 9.17) is 9.47 Å². The second kappa shape index (κ2) is 5.63. The summed E-state index contributed by atoms with van der Waals surface area (Å²) in [7, 11) is 1.56. The van der Waals surface area contributed by atoms with Crippen LogP contribution in [0.5, 0.6) is 11.6 Å². The predicted molar refractivity (Wildman–Crippen MR) is 79.7 cm³/mol. The topological polar surface area (TPSA) is 48.4 Å². The number of carbonyl (C=O) groups excluding carboxylic acids is 1. The van der Waals surface area contributed by atoms with Crippen LogP contribution in [0.25, 0.3) is 10.8 Å². The van der Waals surface area contributed by atoms with Gasteiger partial charge in [0.2, 0.25) is 5.88 Å². The summed E-state index contributed by atoms with van der Waals surface area (Å²) < 4.78 is 10.7. The molecule has 0 N–H and O–H groups in total. The first-order valence-corrected chi connectivity index (χ1v) is 6.48. The van der Waals surface area contributed by atoms with Gasteiger partial charge in [-0.15, -0.1) is 0 Å². The highest BCUT2D eigenvalue weighted by Crippen LogP contribution is 2.30. The van der Waals surface area contributed by atoms with Crippen molar-refractivity contribution in [2.45, 2.75) is 0 Å². The van der Waals surface area contributed by atoms with E-state index in [1.165, 1.54) is 0 Å². The second-order valence-corrected chi connectivity index (χ2v) is 4.43. The van der Waals surface area contributed by atoms with Gasteiger partial charge < -0.3 is 9.47 Å². The van der Waals surface area contributed by atoms with E-state index in [1.54, 1.807) is 55.8 Å². The summed E-state index contributed by atoms with van der Waals surface area (Å²) in [5.41, 5.74) is 0.510. The molecule has 0 saturated carbocycles. The molecule has 104 valence electrons. The van der Waals surface area contributed by atoms with Crippen molar-refractivity contribution in [3.05, 3.63) is 66.4 Å². The van der Waals surface area contributed by atoms with Crippen molar-refractivity contribution in [3.8, 4) is 11.6 Å². The number of ether oxygens (including phenoxy) is 2. The zero-order valence-corrected chi connectivity index (χ0v) is 11.4. The fraction of sp³-hybridized carbons (Fsp3) is 0.0588. The molecule has 0 aliphatic rings. The first-order chi connectivity index (χ1) is 10.3. The van der Waals surface area contributed by atoms with Gasteiger partial charge in [0.25, 0.3) is 0 Å². The molecule has 3 aromatic rings. The Bertz CT molecular complexity index is 784. The number of nitrogens with zero attached hydrogens (tertiary/aromatic N) is 1. The maximum atomic E-state index is 12.1. The summed E-state index contributed by atoms with van der Waals surface area (Å²) in [6.07, 6.45) is 1.63.